The lowest BCUT2D eigenvalue weighted by molar-refractivity contribution is 0.277. The summed E-state index contributed by atoms with van der Waals surface area (Å²) < 4.78 is 0. The molecule has 3 nitrogen and oxygen atoms in total. The molecule has 2 rings (SSSR count). The zero-order valence-electron chi connectivity index (χ0n) is 10.9. The van der Waals surface area contributed by atoms with Crippen molar-refractivity contribution in [2.45, 2.75) is 13.0 Å². The molecule has 0 aliphatic rings. The normalized spacial score (nSPS) is 10.5. The number of aliphatic hydroxyl groups is 1. The molecular formula is C15H17ClN2O. The fourth-order valence-electron chi connectivity index (χ4n) is 1.85. The molecule has 4 heteroatoms. The number of pyridine rings is 1. The van der Waals surface area contributed by atoms with E-state index in [9.17, 15) is 0 Å². The second-order valence-electron chi connectivity index (χ2n) is 4.41. The van der Waals surface area contributed by atoms with E-state index in [0.29, 0.717) is 10.7 Å². The highest BCUT2D eigenvalue weighted by Crippen LogP contribution is 2.18. The van der Waals surface area contributed by atoms with Crippen LogP contribution in [0.15, 0.2) is 42.5 Å². The molecule has 0 radical (unpaired) electrons. The number of nitrogens with zero attached hydrogens (tertiary/aromatic N) is 2. The van der Waals surface area contributed by atoms with Crippen molar-refractivity contribution >= 4 is 17.4 Å². The number of anilines is 1. The Morgan fingerprint density at radius 1 is 1.16 bits per heavy atom. The van der Waals surface area contributed by atoms with Crippen molar-refractivity contribution < 1.29 is 5.11 Å². The van der Waals surface area contributed by atoms with Gasteiger partial charge in [0, 0.05) is 13.6 Å². The van der Waals surface area contributed by atoms with Crippen LogP contribution in [-0.2, 0) is 13.0 Å². The van der Waals surface area contributed by atoms with Gasteiger partial charge in [-0.05, 0) is 24.1 Å². The first-order valence-electron chi connectivity index (χ1n) is 6.22. The molecular weight excluding hydrogens is 260 g/mol. The summed E-state index contributed by atoms with van der Waals surface area (Å²) in [6.07, 6.45) is 0.954. The van der Waals surface area contributed by atoms with E-state index in [1.807, 2.05) is 31.3 Å². The van der Waals surface area contributed by atoms with Gasteiger partial charge >= 0.3 is 0 Å². The predicted molar refractivity (Wildman–Crippen MR) is 78.6 cm³/mol. The Labute approximate surface area is 118 Å². The highest BCUT2D eigenvalue weighted by Gasteiger charge is 2.07. The van der Waals surface area contributed by atoms with Crippen LogP contribution in [-0.4, -0.2) is 23.7 Å². The molecule has 0 saturated heterocycles. The first kappa shape index (κ1) is 13.8. The maximum Gasteiger partial charge on any atom is 0.128 e. The molecule has 1 aromatic carbocycles. The first-order valence-corrected chi connectivity index (χ1v) is 6.60. The zero-order chi connectivity index (χ0) is 13.7. The van der Waals surface area contributed by atoms with Crippen molar-refractivity contribution in [2.24, 2.45) is 0 Å². The molecule has 0 saturated carbocycles. The summed E-state index contributed by atoms with van der Waals surface area (Å²) in [4.78, 5) is 6.40. The van der Waals surface area contributed by atoms with Gasteiger partial charge in [0.1, 0.15) is 5.82 Å². The third-order valence-electron chi connectivity index (χ3n) is 3.02. The second kappa shape index (κ2) is 6.55. The lowest BCUT2D eigenvalue weighted by atomic mass is 10.1. The maximum absolute atomic E-state index is 9.17. The van der Waals surface area contributed by atoms with Crippen LogP contribution in [0.25, 0.3) is 0 Å². The van der Waals surface area contributed by atoms with Gasteiger partial charge in [0.15, 0.2) is 0 Å². The highest BCUT2D eigenvalue weighted by molar-refractivity contribution is 6.31. The van der Waals surface area contributed by atoms with Crippen LogP contribution in [0.4, 0.5) is 5.82 Å². The largest absolute Gasteiger partial charge is 0.390 e. The summed E-state index contributed by atoms with van der Waals surface area (Å²) in [6.45, 7) is 0.725. The lowest BCUT2D eigenvalue weighted by Gasteiger charge is -2.19. The molecule has 1 heterocycles. The molecule has 0 unspecified atom stereocenters. The van der Waals surface area contributed by atoms with E-state index in [1.54, 1.807) is 6.07 Å². The molecule has 19 heavy (non-hydrogen) atoms. The average Bonchev–Trinajstić information content (AvgIpc) is 2.46. The second-order valence-corrected chi connectivity index (χ2v) is 4.82. The van der Waals surface area contributed by atoms with E-state index in [0.717, 1.165) is 18.8 Å². The zero-order valence-corrected chi connectivity index (χ0v) is 11.6. The Morgan fingerprint density at radius 2 is 1.89 bits per heavy atom. The van der Waals surface area contributed by atoms with Crippen LogP contribution in [0.5, 0.6) is 0 Å². The van der Waals surface area contributed by atoms with Crippen molar-refractivity contribution in [3.63, 3.8) is 0 Å². The fourth-order valence-corrected chi connectivity index (χ4v) is 2.02. The van der Waals surface area contributed by atoms with E-state index >= 15 is 0 Å². The molecule has 0 aliphatic heterocycles. The number of aliphatic hydroxyl groups excluding tert-OH is 1. The number of likely N-dealkylation sites (N-methyl/N-ethyl adjacent to an activating group) is 1. The van der Waals surface area contributed by atoms with Crippen LogP contribution >= 0.6 is 11.6 Å². The van der Waals surface area contributed by atoms with Crippen molar-refractivity contribution in [2.75, 3.05) is 18.5 Å². The Hall–Kier alpha value is -1.58. The smallest absolute Gasteiger partial charge is 0.128 e. The summed E-state index contributed by atoms with van der Waals surface area (Å²) in [5.41, 5.74) is 1.82. The number of halogens is 1. The molecule has 0 fully saturated rings. The number of aromatic nitrogens is 1. The summed E-state index contributed by atoms with van der Waals surface area (Å²) >= 11 is 5.93. The molecule has 0 aliphatic carbocycles. The summed E-state index contributed by atoms with van der Waals surface area (Å²) in [5.74, 6) is 0.824. The van der Waals surface area contributed by atoms with Gasteiger partial charge < -0.3 is 10.0 Å². The maximum atomic E-state index is 9.17. The van der Waals surface area contributed by atoms with Crippen LogP contribution in [0.1, 0.15) is 11.3 Å². The Kier molecular flexibility index (Phi) is 4.77. The van der Waals surface area contributed by atoms with Crippen LogP contribution in [0.2, 0.25) is 5.02 Å². The van der Waals surface area contributed by atoms with Crippen LogP contribution in [0.3, 0.4) is 0 Å². The van der Waals surface area contributed by atoms with E-state index in [4.69, 9.17) is 16.7 Å². The third-order valence-corrected chi connectivity index (χ3v) is 3.37. The monoisotopic (exact) mass is 276 g/mol. The predicted octanol–water partition coefficient (Wildman–Crippen LogP) is 2.91. The molecule has 2 aromatic rings. The van der Waals surface area contributed by atoms with Gasteiger partial charge in [-0.2, -0.15) is 0 Å². The molecule has 1 N–H and O–H groups in total. The number of hydrogen-bond acceptors (Lipinski definition) is 3. The fraction of sp³-hybridized carbons (Fsp3) is 0.267. The van der Waals surface area contributed by atoms with Crippen molar-refractivity contribution in [1.82, 2.24) is 4.98 Å². The van der Waals surface area contributed by atoms with Gasteiger partial charge in [0.05, 0.1) is 17.3 Å². The summed E-state index contributed by atoms with van der Waals surface area (Å²) in [5, 5.41) is 9.67. The minimum Gasteiger partial charge on any atom is -0.390 e. The quantitative estimate of drug-likeness (QED) is 0.912. The minimum absolute atomic E-state index is 0.140. The molecule has 1 aromatic heterocycles. The van der Waals surface area contributed by atoms with Crippen molar-refractivity contribution in [1.29, 1.82) is 0 Å². The summed E-state index contributed by atoms with van der Waals surface area (Å²) in [7, 11) is 1.99. The Morgan fingerprint density at radius 3 is 2.58 bits per heavy atom. The standard InChI is InChI=1S/C15H17ClN2O/c1-18(10-9-12-5-3-2-4-6-12)15-8-7-13(16)14(11-19)17-15/h2-8,19H,9-11H2,1H3. The van der Waals surface area contributed by atoms with E-state index in [1.165, 1.54) is 5.56 Å². The minimum atomic E-state index is -0.140. The van der Waals surface area contributed by atoms with Gasteiger partial charge in [0.2, 0.25) is 0 Å². The average molecular weight is 277 g/mol. The first-order chi connectivity index (χ1) is 9.20. The molecule has 0 atom stereocenters. The van der Waals surface area contributed by atoms with E-state index < -0.39 is 0 Å². The lowest BCUT2D eigenvalue weighted by Crippen LogP contribution is -2.21. The molecule has 100 valence electrons. The van der Waals surface area contributed by atoms with Crippen molar-refractivity contribution in [3.8, 4) is 0 Å². The van der Waals surface area contributed by atoms with Gasteiger partial charge in [-0.3, -0.25) is 0 Å². The highest BCUT2D eigenvalue weighted by atomic mass is 35.5. The van der Waals surface area contributed by atoms with Gasteiger partial charge in [-0.15, -0.1) is 0 Å². The number of hydrogen-bond donors (Lipinski definition) is 1. The topological polar surface area (TPSA) is 36.4 Å². The SMILES string of the molecule is CN(CCc1ccccc1)c1ccc(Cl)c(CO)n1. The van der Waals surface area contributed by atoms with E-state index in [-0.39, 0.29) is 6.61 Å². The number of rotatable bonds is 5. The molecule has 0 bridgehead atoms. The Bertz CT molecular complexity index is 531. The van der Waals surface area contributed by atoms with Crippen LogP contribution in [0, 0.1) is 0 Å². The summed E-state index contributed by atoms with van der Waals surface area (Å²) in [6, 6.07) is 14.0. The number of benzene rings is 1. The third kappa shape index (κ3) is 3.69. The van der Waals surface area contributed by atoms with Gasteiger partial charge in [0.25, 0.3) is 0 Å². The van der Waals surface area contributed by atoms with Crippen LogP contribution < -0.4 is 4.90 Å². The van der Waals surface area contributed by atoms with Gasteiger partial charge in [-0.25, -0.2) is 4.98 Å². The Balaban J connectivity index is 2.02. The van der Waals surface area contributed by atoms with Crippen molar-refractivity contribution in [3.05, 3.63) is 58.7 Å². The molecule has 0 amide bonds. The van der Waals surface area contributed by atoms with E-state index in [2.05, 4.69) is 22.0 Å². The molecule has 0 spiro atoms. The van der Waals surface area contributed by atoms with Gasteiger partial charge in [-0.1, -0.05) is 41.9 Å².